The molecule has 103 heavy (non-hydrogen) atoms. The van der Waals surface area contributed by atoms with Crippen molar-refractivity contribution in [1.82, 2.24) is 80.7 Å². The lowest BCUT2D eigenvalue weighted by molar-refractivity contribution is -0.274. The molecule has 33 heteroatoms. The average molecular weight is 1420 g/mol. The number of hydrogen-bond donors (Lipinski definition) is 12. The fourth-order valence-corrected chi connectivity index (χ4v) is 10.5. The topological polar surface area (TPSA) is 364 Å². The number of rotatable bonds is 15. The highest BCUT2D eigenvalue weighted by Crippen LogP contribution is 2.33. The SMILES string of the molecule is O=C(Nc1cn[nH]c1-c1nc2ccccc2[nH]1)c1ccccc1Cl.O=C(Nc1cn[nH]c1-c1nc2ccccc2[nH]1)c1ccccc1F.O=C(Nc1cn[nH]c1-c1nc2ccccc2[nH]1)c1ccccc1OC(F)(F)F.O=C(Nc1cn[nH]c1-c1nc2ccccc2[nH]1)c1ccccc1OC(F)F. The van der Waals surface area contributed by atoms with Crippen LogP contribution in [0.3, 0.4) is 0 Å². The van der Waals surface area contributed by atoms with Gasteiger partial charge in [0.1, 0.15) is 40.1 Å². The minimum Gasteiger partial charge on any atom is -0.434 e. The van der Waals surface area contributed by atoms with E-state index in [4.69, 9.17) is 11.6 Å². The van der Waals surface area contributed by atoms with E-state index in [-0.39, 0.29) is 34.0 Å². The van der Waals surface area contributed by atoms with Crippen molar-refractivity contribution in [3.05, 3.63) is 252 Å². The van der Waals surface area contributed by atoms with Gasteiger partial charge in [-0.25, -0.2) is 24.3 Å². The summed E-state index contributed by atoms with van der Waals surface area (Å²) in [4.78, 5) is 80.2. The predicted molar refractivity (Wildman–Crippen MR) is 371 cm³/mol. The lowest BCUT2D eigenvalue weighted by atomic mass is 10.2. The molecule has 8 aromatic heterocycles. The molecular weight excluding hydrogens is 1370 g/mol. The van der Waals surface area contributed by atoms with Crippen LogP contribution in [0.25, 0.3) is 90.2 Å². The van der Waals surface area contributed by atoms with Crippen LogP contribution in [0.2, 0.25) is 5.02 Å². The Hall–Kier alpha value is -14.2. The molecular formula is C70H49ClF6N20O6. The Kier molecular flexibility index (Phi) is 19.6. The van der Waals surface area contributed by atoms with E-state index < -0.39 is 42.3 Å². The van der Waals surface area contributed by atoms with Crippen LogP contribution in [0, 0.1) is 5.82 Å². The molecule has 8 aromatic carbocycles. The number of carbonyl (C=O) groups is 4. The Morgan fingerprint density at radius 3 is 1.02 bits per heavy atom. The molecule has 0 saturated carbocycles. The third-order valence-corrected chi connectivity index (χ3v) is 15.3. The second kappa shape index (κ2) is 29.9. The Morgan fingerprint density at radius 1 is 0.379 bits per heavy atom. The number of H-pyrrole nitrogens is 8. The van der Waals surface area contributed by atoms with E-state index in [0.29, 0.717) is 79.2 Å². The van der Waals surface area contributed by atoms with E-state index in [2.05, 4.69) is 111 Å². The number of carbonyl (C=O) groups excluding carboxylic acids is 4. The maximum absolute atomic E-state index is 13.7. The van der Waals surface area contributed by atoms with Crippen LogP contribution in [0.15, 0.2) is 219 Å². The van der Waals surface area contributed by atoms with E-state index >= 15 is 0 Å². The fourth-order valence-electron chi connectivity index (χ4n) is 10.3. The number of anilines is 4. The first-order valence-electron chi connectivity index (χ1n) is 30.5. The number of fused-ring (bicyclic) bond motifs is 4. The van der Waals surface area contributed by atoms with Crippen molar-refractivity contribution < 1.29 is 55.0 Å². The number of halogens is 7. The Morgan fingerprint density at radius 2 is 0.670 bits per heavy atom. The van der Waals surface area contributed by atoms with E-state index in [0.717, 1.165) is 44.7 Å². The van der Waals surface area contributed by atoms with Crippen molar-refractivity contribution in [3.8, 4) is 57.6 Å². The number of aromatic nitrogens is 16. The fraction of sp³-hybridized carbons (Fsp3) is 0.0286. The van der Waals surface area contributed by atoms with Crippen LogP contribution >= 0.6 is 11.6 Å². The maximum Gasteiger partial charge on any atom is 0.573 e. The van der Waals surface area contributed by atoms with E-state index in [9.17, 15) is 45.5 Å². The Labute approximate surface area is 579 Å². The zero-order valence-electron chi connectivity index (χ0n) is 52.5. The molecule has 4 amide bonds. The summed E-state index contributed by atoms with van der Waals surface area (Å²) in [6.45, 7) is -3.03. The summed E-state index contributed by atoms with van der Waals surface area (Å²) in [6, 6.07) is 53.6. The van der Waals surface area contributed by atoms with Crippen LogP contribution in [-0.4, -0.2) is 117 Å². The first-order chi connectivity index (χ1) is 50.0. The van der Waals surface area contributed by atoms with E-state index in [1.807, 2.05) is 97.1 Å². The van der Waals surface area contributed by atoms with Gasteiger partial charge in [-0.2, -0.15) is 29.2 Å². The second-order valence-corrected chi connectivity index (χ2v) is 22.1. The van der Waals surface area contributed by atoms with Crippen LogP contribution in [0.5, 0.6) is 11.5 Å². The predicted octanol–water partition coefficient (Wildman–Crippen LogP) is 15.1. The largest absolute Gasteiger partial charge is 0.573 e. The van der Waals surface area contributed by atoms with Crippen molar-refractivity contribution in [2.75, 3.05) is 21.3 Å². The summed E-state index contributed by atoms with van der Waals surface area (Å²) in [5.41, 5.74) is 10.1. The third-order valence-electron chi connectivity index (χ3n) is 15.0. The lowest BCUT2D eigenvalue weighted by Crippen LogP contribution is -2.20. The molecule has 0 aliphatic rings. The molecule has 0 bridgehead atoms. The molecule has 0 spiro atoms. The van der Waals surface area contributed by atoms with Crippen LogP contribution in [-0.2, 0) is 0 Å². The number of nitrogens with zero attached hydrogens (tertiary/aromatic N) is 8. The number of para-hydroxylation sites is 10. The first-order valence-corrected chi connectivity index (χ1v) is 30.9. The van der Waals surface area contributed by atoms with Gasteiger partial charge in [0.25, 0.3) is 23.6 Å². The molecule has 26 nitrogen and oxygen atoms in total. The van der Waals surface area contributed by atoms with Gasteiger partial charge in [-0.1, -0.05) is 109 Å². The minimum absolute atomic E-state index is 0.0189. The van der Waals surface area contributed by atoms with Crippen molar-refractivity contribution in [2.24, 2.45) is 0 Å². The molecule has 0 aliphatic heterocycles. The molecule has 0 fully saturated rings. The number of aromatic amines is 8. The summed E-state index contributed by atoms with van der Waals surface area (Å²) in [5, 5.41) is 38.0. The van der Waals surface area contributed by atoms with E-state index in [1.165, 1.54) is 79.4 Å². The monoisotopic (exact) mass is 1410 g/mol. The van der Waals surface area contributed by atoms with Gasteiger partial charge in [0.2, 0.25) is 0 Å². The maximum atomic E-state index is 13.7. The van der Waals surface area contributed by atoms with Gasteiger partial charge < -0.3 is 50.7 Å². The Balaban J connectivity index is 0.000000123. The van der Waals surface area contributed by atoms with Crippen molar-refractivity contribution in [1.29, 1.82) is 0 Å². The normalized spacial score (nSPS) is 11.1. The van der Waals surface area contributed by atoms with Gasteiger partial charge in [0.05, 0.1) is 119 Å². The minimum atomic E-state index is -4.91. The zero-order chi connectivity index (χ0) is 71.6. The molecule has 16 rings (SSSR count). The van der Waals surface area contributed by atoms with Crippen LogP contribution in [0.1, 0.15) is 41.4 Å². The number of imidazole rings is 4. The van der Waals surface area contributed by atoms with Gasteiger partial charge in [0, 0.05) is 0 Å². The van der Waals surface area contributed by atoms with Gasteiger partial charge in [-0.15, -0.1) is 13.2 Å². The standard InChI is InChI=1S/C18H12F3N5O2.C18H13F2N5O2.C17H12ClN5O.C17H12FN5O/c19-18(20,21)28-14-8-4-1-5-10(14)17(27)25-13-9-22-26-15(13)16-23-11-6-2-3-7-12(11)24-16;19-18(20)27-14-8-4-1-5-10(14)17(26)24-13-9-21-25-15(13)16-22-11-6-2-3-7-12(11)23-16;2*18-11-6-2-1-5-10(11)17(24)22-14-9-19-23-15(14)16-20-12-7-3-4-8-13(12)21-16/h1-9H,(H,22,26)(H,23,24)(H,25,27);1-9,18H,(H,21,25)(H,22,23)(H,24,26);2*1-9H,(H,19,23)(H,20,21)(H,22,24). The molecule has 16 aromatic rings. The summed E-state index contributed by atoms with van der Waals surface area (Å²) < 4.78 is 84.9. The molecule has 0 aliphatic carbocycles. The number of amides is 4. The van der Waals surface area contributed by atoms with Gasteiger partial charge in [-0.3, -0.25) is 39.6 Å². The summed E-state index contributed by atoms with van der Waals surface area (Å²) >= 11 is 6.07. The molecule has 0 unspecified atom stereocenters. The van der Waals surface area contributed by atoms with Gasteiger partial charge in [-0.05, 0) is 97.1 Å². The van der Waals surface area contributed by atoms with Crippen LogP contribution < -0.4 is 30.7 Å². The number of benzene rings is 8. The van der Waals surface area contributed by atoms with E-state index in [1.54, 1.807) is 36.4 Å². The molecule has 0 atom stereocenters. The quantitative estimate of drug-likeness (QED) is 0.0425. The number of ether oxygens (including phenoxy) is 2. The van der Waals surface area contributed by atoms with Gasteiger partial charge in [0.15, 0.2) is 23.3 Å². The molecule has 8 heterocycles. The summed E-state index contributed by atoms with van der Waals surface area (Å²) in [5.74, 6) is -1.57. The zero-order valence-corrected chi connectivity index (χ0v) is 53.3. The number of alkyl halides is 5. The van der Waals surface area contributed by atoms with Crippen molar-refractivity contribution in [3.63, 3.8) is 0 Å². The van der Waals surface area contributed by atoms with Crippen molar-refractivity contribution in [2.45, 2.75) is 13.0 Å². The number of hydrogen-bond acceptors (Lipinski definition) is 14. The highest BCUT2D eigenvalue weighted by molar-refractivity contribution is 6.34. The smallest absolute Gasteiger partial charge is 0.434 e. The molecule has 0 radical (unpaired) electrons. The van der Waals surface area contributed by atoms with Crippen molar-refractivity contribution >= 4 is 102 Å². The highest BCUT2D eigenvalue weighted by atomic mass is 35.5. The highest BCUT2D eigenvalue weighted by Gasteiger charge is 2.33. The first kappa shape index (κ1) is 67.4. The molecule has 0 saturated heterocycles. The average Bonchev–Trinajstić information content (AvgIpc) is 1.70. The molecule has 12 N–H and O–H groups in total. The summed E-state index contributed by atoms with van der Waals surface area (Å²) in [6.07, 6.45) is 0.842. The Bertz CT molecular complexity index is 5420. The van der Waals surface area contributed by atoms with Crippen LogP contribution in [0.4, 0.5) is 49.1 Å². The third kappa shape index (κ3) is 15.7. The summed E-state index contributed by atoms with van der Waals surface area (Å²) in [7, 11) is 0. The lowest BCUT2D eigenvalue weighted by Gasteiger charge is -2.12. The molecule has 514 valence electrons. The second-order valence-electron chi connectivity index (χ2n) is 21.7. The number of nitrogens with one attached hydrogen (secondary N) is 12. The van der Waals surface area contributed by atoms with Gasteiger partial charge >= 0.3 is 13.0 Å².